The number of ether oxygens (including phenoxy) is 1. The minimum absolute atomic E-state index is 0.507. The summed E-state index contributed by atoms with van der Waals surface area (Å²) in [5.74, 6) is 0.825. The molecule has 1 aliphatic carbocycles. The Bertz CT molecular complexity index is 281. The SMILES string of the molecule is COC1CCCC(Cc2ccccc2)C1. The summed E-state index contributed by atoms with van der Waals surface area (Å²) in [6, 6.07) is 10.8. The number of hydrogen-bond donors (Lipinski definition) is 0. The molecule has 0 saturated heterocycles. The van der Waals surface area contributed by atoms with Gasteiger partial charge in [0.05, 0.1) is 6.10 Å². The summed E-state index contributed by atoms with van der Waals surface area (Å²) in [6.45, 7) is 0. The first-order valence-electron chi connectivity index (χ1n) is 5.95. The van der Waals surface area contributed by atoms with Crippen LogP contribution in [0.15, 0.2) is 30.3 Å². The van der Waals surface area contributed by atoms with Crippen molar-refractivity contribution in [3.05, 3.63) is 35.9 Å². The molecule has 2 unspecified atom stereocenters. The lowest BCUT2D eigenvalue weighted by Crippen LogP contribution is -2.22. The van der Waals surface area contributed by atoms with Crippen LogP contribution in [0.4, 0.5) is 0 Å². The van der Waals surface area contributed by atoms with E-state index in [1.807, 2.05) is 7.11 Å². The second kappa shape index (κ2) is 5.32. The smallest absolute Gasteiger partial charge is 0.0574 e. The van der Waals surface area contributed by atoms with Crippen molar-refractivity contribution in [1.82, 2.24) is 0 Å². The van der Waals surface area contributed by atoms with Crippen LogP contribution in [0.1, 0.15) is 31.2 Å². The Morgan fingerprint density at radius 3 is 2.73 bits per heavy atom. The third kappa shape index (κ3) is 3.07. The Morgan fingerprint density at radius 2 is 2.00 bits per heavy atom. The molecule has 1 aromatic rings. The third-order valence-corrected chi connectivity index (χ3v) is 3.44. The monoisotopic (exact) mass is 204 g/mol. The van der Waals surface area contributed by atoms with Crippen molar-refractivity contribution in [2.24, 2.45) is 5.92 Å². The Hall–Kier alpha value is -0.820. The molecule has 1 nitrogen and oxygen atoms in total. The van der Waals surface area contributed by atoms with E-state index in [4.69, 9.17) is 4.74 Å². The molecule has 1 fully saturated rings. The first-order valence-corrected chi connectivity index (χ1v) is 5.95. The minimum Gasteiger partial charge on any atom is -0.381 e. The number of benzene rings is 1. The maximum Gasteiger partial charge on any atom is 0.0574 e. The second-order valence-corrected chi connectivity index (χ2v) is 4.58. The number of rotatable bonds is 3. The van der Waals surface area contributed by atoms with Gasteiger partial charge in [-0.3, -0.25) is 0 Å². The van der Waals surface area contributed by atoms with Gasteiger partial charge in [-0.25, -0.2) is 0 Å². The molecule has 0 N–H and O–H groups in total. The number of hydrogen-bond acceptors (Lipinski definition) is 1. The van der Waals surface area contributed by atoms with Gasteiger partial charge in [0.2, 0.25) is 0 Å². The quantitative estimate of drug-likeness (QED) is 0.733. The van der Waals surface area contributed by atoms with Gasteiger partial charge in [0.15, 0.2) is 0 Å². The molecule has 0 bridgehead atoms. The first-order chi connectivity index (χ1) is 7.38. The van der Waals surface area contributed by atoms with Crippen LogP contribution in [0, 0.1) is 5.92 Å². The molecule has 1 saturated carbocycles. The maximum absolute atomic E-state index is 5.46. The molecule has 82 valence electrons. The standard InChI is InChI=1S/C14H20O/c1-15-14-9-5-8-13(11-14)10-12-6-3-2-4-7-12/h2-4,6-7,13-14H,5,8-11H2,1H3. The molecule has 2 rings (SSSR count). The predicted molar refractivity (Wildman–Crippen MR) is 62.9 cm³/mol. The molecular weight excluding hydrogens is 184 g/mol. The van der Waals surface area contributed by atoms with Gasteiger partial charge in [-0.1, -0.05) is 36.8 Å². The van der Waals surface area contributed by atoms with E-state index in [0.717, 1.165) is 5.92 Å². The van der Waals surface area contributed by atoms with Gasteiger partial charge >= 0.3 is 0 Å². The van der Waals surface area contributed by atoms with Gasteiger partial charge in [0.1, 0.15) is 0 Å². The highest BCUT2D eigenvalue weighted by atomic mass is 16.5. The van der Waals surface area contributed by atoms with E-state index in [0.29, 0.717) is 6.10 Å². The Labute approximate surface area is 92.5 Å². The fourth-order valence-electron chi connectivity index (χ4n) is 2.59. The second-order valence-electron chi connectivity index (χ2n) is 4.58. The summed E-state index contributed by atoms with van der Waals surface area (Å²) in [6.07, 6.45) is 6.92. The van der Waals surface area contributed by atoms with Gasteiger partial charge in [-0.15, -0.1) is 0 Å². The largest absolute Gasteiger partial charge is 0.381 e. The van der Waals surface area contributed by atoms with Gasteiger partial charge in [-0.05, 0) is 37.2 Å². The van der Waals surface area contributed by atoms with E-state index < -0.39 is 0 Å². The molecule has 0 aromatic heterocycles. The van der Waals surface area contributed by atoms with Crippen LogP contribution in [0.25, 0.3) is 0 Å². The van der Waals surface area contributed by atoms with Crippen molar-refractivity contribution in [1.29, 1.82) is 0 Å². The molecule has 0 amide bonds. The van der Waals surface area contributed by atoms with E-state index >= 15 is 0 Å². The van der Waals surface area contributed by atoms with E-state index in [1.165, 1.54) is 37.7 Å². The molecule has 1 heteroatoms. The summed E-state index contributed by atoms with van der Waals surface area (Å²) < 4.78 is 5.46. The van der Waals surface area contributed by atoms with Gasteiger partial charge in [-0.2, -0.15) is 0 Å². The van der Waals surface area contributed by atoms with Crippen molar-refractivity contribution in [2.45, 2.75) is 38.2 Å². The Kier molecular flexibility index (Phi) is 3.79. The summed E-state index contributed by atoms with van der Waals surface area (Å²) in [5.41, 5.74) is 1.47. The van der Waals surface area contributed by atoms with Crippen LogP contribution in [0.3, 0.4) is 0 Å². The van der Waals surface area contributed by atoms with Gasteiger partial charge < -0.3 is 4.74 Å². The maximum atomic E-state index is 5.46. The van der Waals surface area contributed by atoms with Crippen LogP contribution >= 0.6 is 0 Å². The normalized spacial score (nSPS) is 26.5. The highest BCUT2D eigenvalue weighted by Crippen LogP contribution is 2.28. The highest BCUT2D eigenvalue weighted by Gasteiger charge is 2.21. The van der Waals surface area contributed by atoms with Crippen LogP contribution in [-0.4, -0.2) is 13.2 Å². The summed E-state index contributed by atoms with van der Waals surface area (Å²) in [7, 11) is 1.84. The molecule has 1 aromatic carbocycles. The Morgan fingerprint density at radius 1 is 1.20 bits per heavy atom. The summed E-state index contributed by atoms with van der Waals surface area (Å²) in [4.78, 5) is 0. The van der Waals surface area contributed by atoms with Gasteiger partial charge in [0, 0.05) is 7.11 Å². The molecule has 2 atom stereocenters. The van der Waals surface area contributed by atoms with E-state index in [2.05, 4.69) is 30.3 Å². The fraction of sp³-hybridized carbons (Fsp3) is 0.571. The lowest BCUT2D eigenvalue weighted by Gasteiger charge is -2.28. The van der Waals surface area contributed by atoms with Crippen molar-refractivity contribution >= 4 is 0 Å². The zero-order chi connectivity index (χ0) is 10.5. The third-order valence-electron chi connectivity index (χ3n) is 3.44. The molecule has 0 aliphatic heterocycles. The van der Waals surface area contributed by atoms with Crippen molar-refractivity contribution in [2.75, 3.05) is 7.11 Å². The summed E-state index contributed by atoms with van der Waals surface area (Å²) >= 11 is 0. The highest BCUT2D eigenvalue weighted by molar-refractivity contribution is 5.15. The van der Waals surface area contributed by atoms with Crippen molar-refractivity contribution in [3.8, 4) is 0 Å². The van der Waals surface area contributed by atoms with Crippen LogP contribution in [0.5, 0.6) is 0 Å². The van der Waals surface area contributed by atoms with E-state index in [9.17, 15) is 0 Å². The lowest BCUT2D eigenvalue weighted by atomic mass is 9.83. The Balaban J connectivity index is 1.89. The molecule has 1 aliphatic rings. The molecule has 0 spiro atoms. The van der Waals surface area contributed by atoms with E-state index in [1.54, 1.807) is 0 Å². The lowest BCUT2D eigenvalue weighted by molar-refractivity contribution is 0.0508. The number of methoxy groups -OCH3 is 1. The first kappa shape index (κ1) is 10.7. The van der Waals surface area contributed by atoms with Gasteiger partial charge in [0.25, 0.3) is 0 Å². The molecular formula is C14H20O. The molecule has 0 heterocycles. The van der Waals surface area contributed by atoms with Crippen LogP contribution in [0.2, 0.25) is 0 Å². The molecule has 0 radical (unpaired) electrons. The van der Waals surface area contributed by atoms with Crippen LogP contribution in [-0.2, 0) is 11.2 Å². The van der Waals surface area contributed by atoms with Crippen LogP contribution < -0.4 is 0 Å². The average Bonchev–Trinajstić information content (AvgIpc) is 2.31. The van der Waals surface area contributed by atoms with Crippen molar-refractivity contribution < 1.29 is 4.74 Å². The molecule has 15 heavy (non-hydrogen) atoms. The predicted octanol–water partition coefficient (Wildman–Crippen LogP) is 3.43. The van der Waals surface area contributed by atoms with Crippen molar-refractivity contribution in [3.63, 3.8) is 0 Å². The fourth-order valence-corrected chi connectivity index (χ4v) is 2.59. The van der Waals surface area contributed by atoms with E-state index in [-0.39, 0.29) is 0 Å². The topological polar surface area (TPSA) is 9.23 Å². The zero-order valence-corrected chi connectivity index (χ0v) is 9.49. The average molecular weight is 204 g/mol. The minimum atomic E-state index is 0.507. The zero-order valence-electron chi connectivity index (χ0n) is 9.49. The summed E-state index contributed by atoms with van der Waals surface area (Å²) in [5, 5.41) is 0.